The third kappa shape index (κ3) is 3.48. The molecule has 6 heteroatoms. The molecule has 0 amide bonds. The van der Waals surface area contributed by atoms with Gasteiger partial charge in [-0.1, -0.05) is 0 Å². The minimum Gasteiger partial charge on any atom is -0.497 e. The molecule has 0 saturated heterocycles. The van der Waals surface area contributed by atoms with Gasteiger partial charge < -0.3 is 15.4 Å². The van der Waals surface area contributed by atoms with Crippen LogP contribution in [0.1, 0.15) is 11.3 Å². The summed E-state index contributed by atoms with van der Waals surface area (Å²) in [6.07, 6.45) is 1.85. The van der Waals surface area contributed by atoms with E-state index in [1.807, 2.05) is 49.1 Å². The number of thiocarbonyl (C=S) groups is 1. The second-order valence-corrected chi connectivity index (χ2v) is 4.82. The lowest BCUT2D eigenvalue weighted by atomic mass is 10.2. The maximum atomic E-state index is 5.27. The van der Waals surface area contributed by atoms with Gasteiger partial charge in [-0.2, -0.15) is 5.10 Å². The Kier molecular flexibility index (Phi) is 4.57. The van der Waals surface area contributed by atoms with Gasteiger partial charge in [-0.15, -0.1) is 0 Å². The summed E-state index contributed by atoms with van der Waals surface area (Å²) >= 11 is 5.27. The van der Waals surface area contributed by atoms with E-state index < -0.39 is 0 Å². The molecule has 1 aromatic carbocycles. The fourth-order valence-corrected chi connectivity index (χ4v) is 1.93. The predicted octanol–water partition coefficient (Wildman–Crippen LogP) is 2.22. The first kappa shape index (κ1) is 14.3. The second kappa shape index (κ2) is 6.38. The maximum absolute atomic E-state index is 5.27. The molecule has 0 aliphatic rings. The van der Waals surface area contributed by atoms with Crippen LogP contribution in [0.3, 0.4) is 0 Å². The van der Waals surface area contributed by atoms with E-state index in [4.69, 9.17) is 17.0 Å². The van der Waals surface area contributed by atoms with Crippen molar-refractivity contribution in [2.75, 3.05) is 12.4 Å². The number of nitrogens with zero attached hydrogens (tertiary/aromatic N) is 2. The third-order valence-corrected chi connectivity index (χ3v) is 3.37. The Balaban J connectivity index is 1.87. The SMILES string of the molecule is COc1ccc(NC(=S)NCc2cnn(C)c2C)cc1. The molecule has 1 heterocycles. The summed E-state index contributed by atoms with van der Waals surface area (Å²) in [7, 11) is 3.57. The lowest BCUT2D eigenvalue weighted by molar-refractivity contribution is 0.415. The normalized spacial score (nSPS) is 10.2. The van der Waals surface area contributed by atoms with Crippen LogP contribution in [0.5, 0.6) is 5.75 Å². The standard InChI is InChI=1S/C14H18N4OS/c1-10-11(9-16-18(10)2)8-15-14(20)17-12-4-6-13(19-3)7-5-12/h4-7,9H,8H2,1-3H3,(H2,15,17,20). The van der Waals surface area contributed by atoms with E-state index in [2.05, 4.69) is 15.7 Å². The van der Waals surface area contributed by atoms with Crippen LogP contribution >= 0.6 is 12.2 Å². The summed E-state index contributed by atoms with van der Waals surface area (Å²) in [6.45, 7) is 2.69. The monoisotopic (exact) mass is 290 g/mol. The zero-order chi connectivity index (χ0) is 14.5. The summed E-state index contributed by atoms with van der Waals surface area (Å²) in [5.74, 6) is 0.820. The minimum absolute atomic E-state index is 0.582. The van der Waals surface area contributed by atoms with Crippen LogP contribution in [0.4, 0.5) is 5.69 Å². The zero-order valence-corrected chi connectivity index (χ0v) is 12.6. The molecule has 0 bridgehead atoms. The van der Waals surface area contributed by atoms with Crippen molar-refractivity contribution in [3.8, 4) is 5.75 Å². The van der Waals surface area contributed by atoms with Gasteiger partial charge in [-0.3, -0.25) is 4.68 Å². The van der Waals surface area contributed by atoms with Crippen molar-refractivity contribution < 1.29 is 4.74 Å². The van der Waals surface area contributed by atoms with Crippen LogP contribution in [0.25, 0.3) is 0 Å². The molecule has 2 N–H and O–H groups in total. The fourth-order valence-electron chi connectivity index (χ4n) is 1.74. The molecule has 20 heavy (non-hydrogen) atoms. The van der Waals surface area contributed by atoms with Crippen LogP contribution in [0, 0.1) is 6.92 Å². The van der Waals surface area contributed by atoms with Gasteiger partial charge >= 0.3 is 0 Å². The predicted molar refractivity (Wildman–Crippen MR) is 84.0 cm³/mol. The molecule has 1 aromatic heterocycles. The van der Waals surface area contributed by atoms with E-state index in [-0.39, 0.29) is 0 Å². The quantitative estimate of drug-likeness (QED) is 0.846. The summed E-state index contributed by atoms with van der Waals surface area (Å²) in [6, 6.07) is 7.61. The highest BCUT2D eigenvalue weighted by atomic mass is 32.1. The molecule has 5 nitrogen and oxygen atoms in total. The molecule has 2 rings (SSSR count). The lowest BCUT2D eigenvalue weighted by Gasteiger charge is -2.10. The van der Waals surface area contributed by atoms with Gasteiger partial charge in [0.05, 0.1) is 13.3 Å². The van der Waals surface area contributed by atoms with Crippen molar-refractivity contribution in [1.82, 2.24) is 15.1 Å². The molecule has 0 aliphatic carbocycles. The topological polar surface area (TPSA) is 51.1 Å². The van der Waals surface area contributed by atoms with Crippen LogP contribution in [-0.4, -0.2) is 22.0 Å². The Bertz CT molecular complexity index is 592. The van der Waals surface area contributed by atoms with Crippen molar-refractivity contribution >= 4 is 23.0 Å². The molecule has 0 atom stereocenters. The number of hydrogen-bond acceptors (Lipinski definition) is 3. The minimum atomic E-state index is 0.582. The molecule has 0 aliphatic heterocycles. The number of benzene rings is 1. The summed E-state index contributed by atoms with van der Waals surface area (Å²) in [5.41, 5.74) is 3.18. The highest BCUT2D eigenvalue weighted by molar-refractivity contribution is 7.80. The first-order valence-corrected chi connectivity index (χ1v) is 6.67. The molecule has 0 radical (unpaired) electrons. The first-order valence-electron chi connectivity index (χ1n) is 6.26. The van der Waals surface area contributed by atoms with Crippen LogP contribution in [0.15, 0.2) is 30.5 Å². The molecule has 106 valence electrons. The second-order valence-electron chi connectivity index (χ2n) is 4.42. The van der Waals surface area contributed by atoms with E-state index in [1.54, 1.807) is 7.11 Å². The number of aromatic nitrogens is 2. The number of anilines is 1. The molecule has 2 aromatic rings. The summed E-state index contributed by atoms with van der Waals surface area (Å²) in [4.78, 5) is 0. The van der Waals surface area contributed by atoms with Crippen molar-refractivity contribution in [1.29, 1.82) is 0 Å². The highest BCUT2D eigenvalue weighted by Crippen LogP contribution is 2.14. The number of methoxy groups -OCH3 is 1. The number of hydrogen-bond donors (Lipinski definition) is 2. The Morgan fingerprint density at radius 2 is 2.05 bits per heavy atom. The Morgan fingerprint density at radius 1 is 1.35 bits per heavy atom. The molecule has 0 spiro atoms. The molecule has 0 saturated carbocycles. The van der Waals surface area contributed by atoms with Crippen molar-refractivity contribution in [3.05, 3.63) is 41.7 Å². The number of aryl methyl sites for hydroxylation is 1. The van der Waals surface area contributed by atoms with Crippen LogP contribution < -0.4 is 15.4 Å². The van der Waals surface area contributed by atoms with Gasteiger partial charge in [-0.25, -0.2) is 0 Å². The average molecular weight is 290 g/mol. The van der Waals surface area contributed by atoms with Gasteiger partial charge in [-0.05, 0) is 43.4 Å². The van der Waals surface area contributed by atoms with E-state index >= 15 is 0 Å². The highest BCUT2D eigenvalue weighted by Gasteiger charge is 2.04. The third-order valence-electron chi connectivity index (χ3n) is 3.12. The zero-order valence-electron chi connectivity index (χ0n) is 11.8. The van der Waals surface area contributed by atoms with Crippen molar-refractivity contribution in [3.63, 3.8) is 0 Å². The van der Waals surface area contributed by atoms with E-state index in [9.17, 15) is 0 Å². The van der Waals surface area contributed by atoms with Crippen molar-refractivity contribution in [2.24, 2.45) is 7.05 Å². The molecular weight excluding hydrogens is 272 g/mol. The van der Waals surface area contributed by atoms with Gasteiger partial charge in [0.2, 0.25) is 0 Å². The van der Waals surface area contributed by atoms with Gasteiger partial charge in [0, 0.05) is 30.5 Å². The largest absolute Gasteiger partial charge is 0.497 e. The molecule has 0 fully saturated rings. The van der Waals surface area contributed by atoms with E-state index in [1.165, 1.54) is 0 Å². The van der Waals surface area contributed by atoms with Gasteiger partial charge in [0.25, 0.3) is 0 Å². The molecule has 0 unspecified atom stereocenters. The average Bonchev–Trinajstić information content (AvgIpc) is 2.77. The number of ether oxygens (including phenoxy) is 1. The lowest BCUT2D eigenvalue weighted by Crippen LogP contribution is -2.28. The first-order chi connectivity index (χ1) is 9.60. The summed E-state index contributed by atoms with van der Waals surface area (Å²) < 4.78 is 6.95. The number of rotatable bonds is 4. The Hall–Kier alpha value is -2.08. The Morgan fingerprint density at radius 3 is 2.60 bits per heavy atom. The smallest absolute Gasteiger partial charge is 0.171 e. The fraction of sp³-hybridized carbons (Fsp3) is 0.286. The number of nitrogens with one attached hydrogen (secondary N) is 2. The Labute approximate surface area is 123 Å². The molecular formula is C14H18N4OS. The van der Waals surface area contributed by atoms with Crippen molar-refractivity contribution in [2.45, 2.75) is 13.5 Å². The van der Waals surface area contributed by atoms with E-state index in [0.29, 0.717) is 11.7 Å². The van der Waals surface area contributed by atoms with Gasteiger partial charge in [0.15, 0.2) is 5.11 Å². The van der Waals surface area contributed by atoms with E-state index in [0.717, 1.165) is 22.7 Å². The van der Waals surface area contributed by atoms with Crippen LogP contribution in [-0.2, 0) is 13.6 Å². The summed E-state index contributed by atoms with van der Waals surface area (Å²) in [5, 5.41) is 11.1. The van der Waals surface area contributed by atoms with Crippen LogP contribution in [0.2, 0.25) is 0 Å². The maximum Gasteiger partial charge on any atom is 0.171 e. The van der Waals surface area contributed by atoms with Gasteiger partial charge in [0.1, 0.15) is 5.75 Å².